The number of hydrogen-bond acceptors (Lipinski definition) is 6. The molecule has 1 aromatic heterocycles. The number of non-ortho nitro benzene ring substituents is 1. The fourth-order valence-corrected chi connectivity index (χ4v) is 5.30. The van der Waals surface area contributed by atoms with E-state index >= 15 is 0 Å². The minimum absolute atomic E-state index is 0.0197. The van der Waals surface area contributed by atoms with Gasteiger partial charge >= 0.3 is 0 Å². The van der Waals surface area contributed by atoms with Gasteiger partial charge in [0.25, 0.3) is 17.2 Å². The van der Waals surface area contributed by atoms with Crippen molar-refractivity contribution in [1.82, 2.24) is 14.5 Å². The van der Waals surface area contributed by atoms with E-state index in [1.807, 2.05) is 41.3 Å². The predicted molar refractivity (Wildman–Crippen MR) is 139 cm³/mol. The summed E-state index contributed by atoms with van der Waals surface area (Å²) >= 11 is 1.34. The Hall–Kier alpha value is -3.98. The third-order valence-corrected chi connectivity index (χ3v) is 7.28. The number of amides is 1. The van der Waals surface area contributed by atoms with Crippen LogP contribution in [0.5, 0.6) is 0 Å². The fraction of sp³-hybridized carbons (Fsp3) is 0.222. The second-order valence-corrected chi connectivity index (χ2v) is 9.66. The van der Waals surface area contributed by atoms with E-state index in [4.69, 9.17) is 4.98 Å². The number of rotatable bonds is 7. The van der Waals surface area contributed by atoms with Crippen molar-refractivity contribution in [3.63, 3.8) is 0 Å². The minimum Gasteiger partial charge on any atom is -0.339 e. The van der Waals surface area contributed by atoms with E-state index in [2.05, 4.69) is 0 Å². The molecule has 0 radical (unpaired) electrons. The molecule has 4 aromatic rings. The number of benzene rings is 3. The molecule has 3 aromatic carbocycles. The van der Waals surface area contributed by atoms with Gasteiger partial charge in [-0.25, -0.2) is 4.98 Å². The number of fused-ring (bicyclic) bond motifs is 1. The first-order valence-corrected chi connectivity index (χ1v) is 12.7. The first-order valence-electron chi connectivity index (χ1n) is 11.7. The molecule has 0 unspecified atom stereocenters. The maximum Gasteiger partial charge on any atom is 0.269 e. The van der Waals surface area contributed by atoms with Gasteiger partial charge < -0.3 is 4.90 Å². The van der Waals surface area contributed by atoms with Crippen LogP contribution in [0.25, 0.3) is 10.9 Å². The summed E-state index contributed by atoms with van der Waals surface area (Å²) in [5, 5.41) is 12.1. The highest BCUT2D eigenvalue weighted by atomic mass is 32.2. The van der Waals surface area contributed by atoms with E-state index in [1.54, 1.807) is 28.8 Å². The van der Waals surface area contributed by atoms with Gasteiger partial charge in [0.15, 0.2) is 5.16 Å². The maximum atomic E-state index is 13.6. The van der Waals surface area contributed by atoms with Crippen molar-refractivity contribution in [2.75, 3.05) is 13.1 Å². The highest BCUT2D eigenvalue weighted by molar-refractivity contribution is 7.98. The molecule has 36 heavy (non-hydrogen) atoms. The molecular formula is C27H24N4O4S. The highest BCUT2D eigenvalue weighted by Crippen LogP contribution is 2.25. The number of carbonyl (C=O) groups excluding carboxylic acids is 1. The molecule has 1 saturated heterocycles. The lowest BCUT2D eigenvalue weighted by Crippen LogP contribution is -2.28. The van der Waals surface area contributed by atoms with Gasteiger partial charge in [-0.05, 0) is 42.2 Å². The monoisotopic (exact) mass is 500 g/mol. The van der Waals surface area contributed by atoms with Crippen molar-refractivity contribution in [3.8, 4) is 0 Å². The molecule has 0 spiro atoms. The van der Waals surface area contributed by atoms with E-state index in [0.29, 0.717) is 33.9 Å². The summed E-state index contributed by atoms with van der Waals surface area (Å²) in [6.45, 7) is 1.83. The molecule has 1 fully saturated rings. The van der Waals surface area contributed by atoms with Crippen LogP contribution in [0, 0.1) is 10.1 Å². The highest BCUT2D eigenvalue weighted by Gasteiger charge is 2.21. The predicted octanol–water partition coefficient (Wildman–Crippen LogP) is 4.88. The molecule has 5 rings (SSSR count). The van der Waals surface area contributed by atoms with Crippen molar-refractivity contribution < 1.29 is 9.72 Å². The third-order valence-electron chi connectivity index (χ3n) is 6.23. The lowest BCUT2D eigenvalue weighted by atomic mass is 10.1. The van der Waals surface area contributed by atoms with Crippen LogP contribution in [0.3, 0.4) is 0 Å². The molecule has 0 N–H and O–H groups in total. The molecule has 8 nitrogen and oxygen atoms in total. The van der Waals surface area contributed by atoms with E-state index < -0.39 is 4.92 Å². The van der Waals surface area contributed by atoms with Gasteiger partial charge in [0.05, 0.1) is 22.4 Å². The Morgan fingerprint density at radius 3 is 2.47 bits per heavy atom. The Morgan fingerprint density at radius 1 is 0.972 bits per heavy atom. The second-order valence-electron chi connectivity index (χ2n) is 8.72. The average Bonchev–Trinajstić information content (AvgIpc) is 3.44. The topological polar surface area (TPSA) is 98.3 Å². The van der Waals surface area contributed by atoms with Gasteiger partial charge in [-0.3, -0.25) is 24.3 Å². The summed E-state index contributed by atoms with van der Waals surface area (Å²) in [5.74, 6) is 0.358. The quantitative estimate of drug-likeness (QED) is 0.155. The van der Waals surface area contributed by atoms with Crippen LogP contribution in [0.4, 0.5) is 5.69 Å². The zero-order valence-electron chi connectivity index (χ0n) is 19.5. The number of thioether (sulfide) groups is 1. The standard InChI is InChI=1S/C27H24N4O4S/c32-25(29-13-4-5-14-29)21-11-12-23-24(16-21)28-27(30(26(23)33)17-19-7-2-1-3-8-19)36-18-20-9-6-10-22(15-20)31(34)35/h1-3,6-12,15-16H,4-5,13-14,17-18H2. The van der Waals surface area contributed by atoms with E-state index in [0.717, 1.165) is 37.1 Å². The van der Waals surface area contributed by atoms with Gasteiger partial charge in [-0.15, -0.1) is 0 Å². The number of aromatic nitrogens is 2. The van der Waals surface area contributed by atoms with Crippen LogP contribution in [-0.4, -0.2) is 38.4 Å². The number of nitrogens with zero attached hydrogens (tertiary/aromatic N) is 4. The molecule has 1 aliphatic rings. The van der Waals surface area contributed by atoms with Crippen LogP contribution in [0.2, 0.25) is 0 Å². The molecule has 9 heteroatoms. The Kier molecular flexibility index (Phi) is 6.81. The molecule has 0 atom stereocenters. The zero-order valence-corrected chi connectivity index (χ0v) is 20.3. The van der Waals surface area contributed by atoms with Crippen LogP contribution >= 0.6 is 11.8 Å². The Morgan fingerprint density at radius 2 is 1.72 bits per heavy atom. The van der Waals surface area contributed by atoms with Crippen molar-refractivity contribution >= 4 is 34.3 Å². The molecule has 1 aliphatic heterocycles. The lowest BCUT2D eigenvalue weighted by Gasteiger charge is -2.16. The first-order chi connectivity index (χ1) is 17.5. The van der Waals surface area contributed by atoms with Crippen LogP contribution in [0.1, 0.15) is 34.3 Å². The number of hydrogen-bond donors (Lipinski definition) is 0. The lowest BCUT2D eigenvalue weighted by molar-refractivity contribution is -0.384. The molecule has 182 valence electrons. The van der Waals surface area contributed by atoms with Crippen molar-refractivity contribution in [2.45, 2.75) is 30.3 Å². The second kappa shape index (κ2) is 10.3. The summed E-state index contributed by atoms with van der Waals surface area (Å²) in [7, 11) is 0. The molecule has 0 saturated carbocycles. The Labute approximate surface area is 211 Å². The van der Waals surface area contributed by atoms with Crippen molar-refractivity contribution in [3.05, 3.63) is 110 Å². The molecule has 0 bridgehead atoms. The number of nitro groups is 1. The van der Waals surface area contributed by atoms with Crippen molar-refractivity contribution in [1.29, 1.82) is 0 Å². The summed E-state index contributed by atoms with van der Waals surface area (Å²) < 4.78 is 1.63. The summed E-state index contributed by atoms with van der Waals surface area (Å²) in [4.78, 5) is 43.9. The van der Waals surface area contributed by atoms with Crippen LogP contribution in [-0.2, 0) is 12.3 Å². The Bertz CT molecular complexity index is 1500. The Balaban J connectivity index is 1.54. The molecule has 0 aliphatic carbocycles. The zero-order chi connectivity index (χ0) is 25.1. The molecule has 2 heterocycles. The summed E-state index contributed by atoms with van der Waals surface area (Å²) in [6.07, 6.45) is 2.00. The van der Waals surface area contributed by atoms with Crippen LogP contribution < -0.4 is 5.56 Å². The average molecular weight is 501 g/mol. The van der Waals surface area contributed by atoms with E-state index in [-0.39, 0.29) is 17.2 Å². The normalized spacial score (nSPS) is 13.3. The van der Waals surface area contributed by atoms with Crippen LogP contribution in [0.15, 0.2) is 82.7 Å². The smallest absolute Gasteiger partial charge is 0.269 e. The number of likely N-dealkylation sites (tertiary alicyclic amines) is 1. The number of carbonyl (C=O) groups is 1. The van der Waals surface area contributed by atoms with Gasteiger partial charge in [0, 0.05) is 36.5 Å². The number of nitro benzene ring substituents is 1. The fourth-order valence-electron chi connectivity index (χ4n) is 4.36. The van der Waals surface area contributed by atoms with E-state index in [1.165, 1.54) is 23.9 Å². The maximum absolute atomic E-state index is 13.6. The first kappa shape index (κ1) is 23.7. The van der Waals surface area contributed by atoms with Gasteiger partial charge in [-0.1, -0.05) is 54.2 Å². The van der Waals surface area contributed by atoms with Crippen molar-refractivity contribution in [2.24, 2.45) is 0 Å². The SMILES string of the molecule is O=C(c1ccc2c(=O)n(Cc3ccccc3)c(SCc3cccc([N+](=O)[O-])c3)nc2c1)N1CCCC1. The van der Waals surface area contributed by atoms with Gasteiger partial charge in [-0.2, -0.15) is 0 Å². The van der Waals surface area contributed by atoms with Gasteiger partial charge in [0.1, 0.15) is 0 Å². The van der Waals surface area contributed by atoms with Gasteiger partial charge in [0.2, 0.25) is 0 Å². The summed E-state index contributed by atoms with van der Waals surface area (Å²) in [6, 6.07) is 21.2. The minimum atomic E-state index is -0.424. The van der Waals surface area contributed by atoms with E-state index in [9.17, 15) is 19.7 Å². The summed E-state index contributed by atoms with van der Waals surface area (Å²) in [5.41, 5.74) is 2.53. The molecule has 1 amide bonds. The largest absolute Gasteiger partial charge is 0.339 e. The molecular weight excluding hydrogens is 476 g/mol. The third kappa shape index (κ3) is 5.01.